The van der Waals surface area contributed by atoms with Crippen LogP contribution < -0.4 is 0 Å². The summed E-state index contributed by atoms with van der Waals surface area (Å²) in [4.78, 5) is 37.2. The molecule has 0 unspecified atom stereocenters. The fourth-order valence-corrected chi connectivity index (χ4v) is 2.52. The van der Waals surface area contributed by atoms with Crippen molar-refractivity contribution in [2.24, 2.45) is 5.41 Å². The fourth-order valence-electron chi connectivity index (χ4n) is 2.52. The average molecular weight is 370 g/mol. The first kappa shape index (κ1) is 22.2. The minimum absolute atomic E-state index is 0.0155. The van der Waals surface area contributed by atoms with Gasteiger partial charge in [0.1, 0.15) is 0 Å². The molecule has 0 fully saturated rings. The van der Waals surface area contributed by atoms with Gasteiger partial charge in [-0.15, -0.1) is 11.8 Å². The van der Waals surface area contributed by atoms with Crippen molar-refractivity contribution in [3.05, 3.63) is 48.0 Å². The highest BCUT2D eigenvalue weighted by molar-refractivity contribution is 6.04. The van der Waals surface area contributed by atoms with Crippen molar-refractivity contribution in [2.45, 2.75) is 40.0 Å². The zero-order chi connectivity index (χ0) is 20.1. The van der Waals surface area contributed by atoms with Gasteiger partial charge in [0.15, 0.2) is 11.2 Å². The second-order valence-corrected chi connectivity index (χ2v) is 5.80. The molecule has 0 heterocycles. The molecule has 1 rings (SSSR count). The summed E-state index contributed by atoms with van der Waals surface area (Å²) in [5, 5.41) is 0. The van der Waals surface area contributed by atoms with Crippen LogP contribution in [0, 0.1) is 17.3 Å². The minimum Gasteiger partial charge on any atom is -0.465 e. The number of hydrogen-bond acceptors (Lipinski definition) is 5. The normalized spacial score (nSPS) is 10.8. The summed E-state index contributed by atoms with van der Waals surface area (Å²) in [5.74, 6) is 4.08. The van der Waals surface area contributed by atoms with Gasteiger partial charge in [0.05, 0.1) is 13.2 Å². The van der Waals surface area contributed by atoms with Crippen LogP contribution in [0.15, 0.2) is 42.5 Å². The smallest absolute Gasteiger partial charge is 0.324 e. The molecule has 0 saturated carbocycles. The number of allylic oxidation sites excluding steroid dienone is 2. The number of esters is 2. The molecule has 144 valence electrons. The number of ether oxygens (including phenoxy) is 2. The summed E-state index contributed by atoms with van der Waals surface area (Å²) in [6.45, 7) is 5.30. The summed E-state index contributed by atoms with van der Waals surface area (Å²) in [5.41, 5.74) is -0.914. The Labute approximate surface area is 160 Å². The number of carbonyl (C=O) groups excluding carboxylic acids is 3. The van der Waals surface area contributed by atoms with E-state index in [0.29, 0.717) is 12.0 Å². The van der Waals surface area contributed by atoms with Crippen LogP contribution in [0.2, 0.25) is 0 Å². The molecule has 0 saturated heterocycles. The Balaban J connectivity index is 2.95. The van der Waals surface area contributed by atoms with Crippen LogP contribution in [-0.4, -0.2) is 30.9 Å². The predicted molar refractivity (Wildman–Crippen MR) is 103 cm³/mol. The SMILES string of the molecule is CC#CCC(CC/C=C/C(=O)c1ccccc1)(C(=O)OCC)C(=O)OCC. The maximum Gasteiger partial charge on any atom is 0.324 e. The van der Waals surface area contributed by atoms with E-state index in [4.69, 9.17) is 9.47 Å². The Morgan fingerprint density at radius 2 is 1.63 bits per heavy atom. The Kier molecular flexibility index (Phi) is 9.60. The van der Waals surface area contributed by atoms with Gasteiger partial charge < -0.3 is 9.47 Å². The van der Waals surface area contributed by atoms with Crippen molar-refractivity contribution in [1.82, 2.24) is 0 Å². The molecule has 0 spiro atoms. The van der Waals surface area contributed by atoms with Crippen LogP contribution in [0.3, 0.4) is 0 Å². The van der Waals surface area contributed by atoms with E-state index in [-0.39, 0.29) is 31.8 Å². The van der Waals surface area contributed by atoms with E-state index in [1.54, 1.807) is 51.1 Å². The van der Waals surface area contributed by atoms with E-state index < -0.39 is 17.4 Å². The molecule has 0 atom stereocenters. The van der Waals surface area contributed by atoms with Crippen molar-refractivity contribution in [1.29, 1.82) is 0 Å². The zero-order valence-corrected chi connectivity index (χ0v) is 16.1. The maximum absolute atomic E-state index is 12.6. The van der Waals surface area contributed by atoms with E-state index in [9.17, 15) is 14.4 Å². The predicted octanol–water partition coefficient (Wildman–Crippen LogP) is 3.73. The van der Waals surface area contributed by atoms with Gasteiger partial charge >= 0.3 is 11.9 Å². The standard InChI is InChI=1S/C22H26O5/c1-4-7-16-22(20(24)26-5-2,21(25)27-6-3)17-12-11-15-19(23)18-13-9-8-10-14-18/h8-11,13-15H,5-6,12,16-17H2,1-3H3/b15-11+. The third-order valence-corrected chi connectivity index (χ3v) is 3.96. The Bertz CT molecular complexity index is 704. The van der Waals surface area contributed by atoms with Crippen molar-refractivity contribution < 1.29 is 23.9 Å². The Hall–Kier alpha value is -2.87. The lowest BCUT2D eigenvalue weighted by atomic mass is 9.80. The van der Waals surface area contributed by atoms with Crippen molar-refractivity contribution >= 4 is 17.7 Å². The highest BCUT2D eigenvalue weighted by atomic mass is 16.6. The number of ketones is 1. The summed E-state index contributed by atoms with van der Waals surface area (Å²) in [6.07, 6.45) is 3.60. The van der Waals surface area contributed by atoms with Crippen LogP contribution >= 0.6 is 0 Å². The quantitative estimate of drug-likeness (QED) is 0.206. The van der Waals surface area contributed by atoms with Crippen LogP contribution in [0.25, 0.3) is 0 Å². The lowest BCUT2D eigenvalue weighted by molar-refractivity contribution is -0.172. The van der Waals surface area contributed by atoms with Crippen LogP contribution in [-0.2, 0) is 19.1 Å². The van der Waals surface area contributed by atoms with Gasteiger partial charge in [-0.2, -0.15) is 0 Å². The summed E-state index contributed by atoms with van der Waals surface area (Å²) in [6, 6.07) is 8.87. The second kappa shape index (κ2) is 11.7. The van der Waals surface area contributed by atoms with Gasteiger partial charge in [-0.25, -0.2) is 0 Å². The average Bonchev–Trinajstić information content (AvgIpc) is 2.68. The Morgan fingerprint density at radius 3 is 2.15 bits per heavy atom. The van der Waals surface area contributed by atoms with Crippen molar-refractivity contribution in [3.8, 4) is 11.8 Å². The first-order valence-corrected chi connectivity index (χ1v) is 9.01. The summed E-state index contributed by atoms with van der Waals surface area (Å²) >= 11 is 0. The molecule has 5 heteroatoms. The number of carbonyl (C=O) groups is 3. The molecule has 0 aliphatic heterocycles. The van der Waals surface area contributed by atoms with Gasteiger partial charge in [0, 0.05) is 12.0 Å². The van der Waals surface area contributed by atoms with Crippen molar-refractivity contribution in [3.63, 3.8) is 0 Å². The number of hydrogen-bond donors (Lipinski definition) is 0. The van der Waals surface area contributed by atoms with Crippen molar-refractivity contribution in [2.75, 3.05) is 13.2 Å². The molecular weight excluding hydrogens is 344 g/mol. The molecule has 1 aromatic carbocycles. The van der Waals surface area contributed by atoms with Crippen LogP contribution in [0.5, 0.6) is 0 Å². The molecule has 0 N–H and O–H groups in total. The highest BCUT2D eigenvalue weighted by Crippen LogP contribution is 2.32. The molecule has 0 aromatic heterocycles. The van der Waals surface area contributed by atoms with E-state index in [1.165, 1.54) is 6.08 Å². The van der Waals surface area contributed by atoms with Crippen LogP contribution in [0.1, 0.15) is 50.4 Å². The molecular formula is C22H26O5. The van der Waals surface area contributed by atoms with Gasteiger partial charge in [-0.05, 0) is 39.7 Å². The zero-order valence-electron chi connectivity index (χ0n) is 16.1. The maximum atomic E-state index is 12.6. The number of benzene rings is 1. The minimum atomic E-state index is -1.49. The summed E-state index contributed by atoms with van der Waals surface area (Å²) in [7, 11) is 0. The van der Waals surface area contributed by atoms with Gasteiger partial charge in [-0.3, -0.25) is 14.4 Å². The highest BCUT2D eigenvalue weighted by Gasteiger charge is 2.47. The molecule has 1 aromatic rings. The summed E-state index contributed by atoms with van der Waals surface area (Å²) < 4.78 is 10.2. The number of rotatable bonds is 10. The first-order chi connectivity index (χ1) is 13.0. The third-order valence-electron chi connectivity index (χ3n) is 3.96. The molecule has 0 bridgehead atoms. The topological polar surface area (TPSA) is 69.7 Å². The van der Waals surface area contributed by atoms with E-state index >= 15 is 0 Å². The molecule has 27 heavy (non-hydrogen) atoms. The van der Waals surface area contributed by atoms with E-state index in [1.807, 2.05) is 6.07 Å². The monoisotopic (exact) mass is 370 g/mol. The largest absolute Gasteiger partial charge is 0.465 e. The van der Waals surface area contributed by atoms with E-state index in [2.05, 4.69) is 11.8 Å². The third kappa shape index (κ3) is 6.41. The Morgan fingerprint density at radius 1 is 1.04 bits per heavy atom. The molecule has 0 radical (unpaired) electrons. The molecule has 0 amide bonds. The molecule has 0 aliphatic carbocycles. The lowest BCUT2D eigenvalue weighted by Gasteiger charge is -2.27. The van der Waals surface area contributed by atoms with E-state index in [0.717, 1.165) is 0 Å². The first-order valence-electron chi connectivity index (χ1n) is 9.01. The van der Waals surface area contributed by atoms with Gasteiger partial charge in [0.2, 0.25) is 0 Å². The molecule has 0 aliphatic rings. The fraction of sp³-hybridized carbons (Fsp3) is 0.409. The second-order valence-electron chi connectivity index (χ2n) is 5.80. The van der Waals surface area contributed by atoms with Gasteiger partial charge in [0.25, 0.3) is 0 Å². The van der Waals surface area contributed by atoms with Gasteiger partial charge in [-0.1, -0.05) is 36.4 Å². The van der Waals surface area contributed by atoms with Crippen LogP contribution in [0.4, 0.5) is 0 Å². The molecule has 5 nitrogen and oxygen atoms in total. The lowest BCUT2D eigenvalue weighted by Crippen LogP contribution is -2.42.